The van der Waals surface area contributed by atoms with Crippen LogP contribution in [0.5, 0.6) is 0 Å². The highest BCUT2D eigenvalue weighted by Gasteiger charge is 2.22. The lowest BCUT2D eigenvalue weighted by molar-refractivity contribution is 0.0697. The molecule has 1 unspecified atom stereocenters. The lowest BCUT2D eigenvalue weighted by atomic mass is 10.1. The van der Waals surface area contributed by atoms with Crippen LogP contribution in [0.15, 0.2) is 0 Å². The maximum absolute atomic E-state index is 11.9. The van der Waals surface area contributed by atoms with Crippen LogP contribution in [0.2, 0.25) is 0 Å². The summed E-state index contributed by atoms with van der Waals surface area (Å²) in [5.74, 6) is -1.02. The molecule has 20 heavy (non-hydrogen) atoms. The number of carboxylic acid groups (broad SMARTS) is 1. The Labute approximate surface area is 121 Å². The van der Waals surface area contributed by atoms with Gasteiger partial charge in [0.25, 0.3) is 0 Å². The molecule has 0 aliphatic carbocycles. The van der Waals surface area contributed by atoms with Crippen LogP contribution in [0.1, 0.15) is 33.6 Å². The number of urea groups is 1. The fourth-order valence-corrected chi connectivity index (χ4v) is 3.20. The Kier molecular flexibility index (Phi) is 4.61. The van der Waals surface area contributed by atoms with E-state index in [2.05, 4.69) is 10.6 Å². The van der Waals surface area contributed by atoms with Gasteiger partial charge in [-0.25, -0.2) is 9.59 Å². The van der Waals surface area contributed by atoms with E-state index in [1.54, 1.807) is 6.92 Å². The smallest absolute Gasteiger partial charge is 0.338 e. The average Bonchev–Trinajstić information content (AvgIpc) is 2.65. The van der Waals surface area contributed by atoms with Crippen LogP contribution in [-0.4, -0.2) is 36.4 Å². The topological polar surface area (TPSA) is 87.7 Å². The van der Waals surface area contributed by atoms with E-state index in [1.165, 1.54) is 11.3 Å². The fraction of sp³-hybridized carbons (Fsp3) is 0.538. The number of ether oxygens (including phenoxy) is 1. The van der Waals surface area contributed by atoms with Gasteiger partial charge in [0.1, 0.15) is 5.00 Å². The van der Waals surface area contributed by atoms with Crippen molar-refractivity contribution in [1.29, 1.82) is 0 Å². The standard InChI is InChI=1S/C13H18N2O4S/c1-7-8(2)20-11(10(7)12(16)17)15-13(18)14-9-4-3-5-19-6-9/h9H,3-6H2,1-2H3,(H,16,17)(H2,14,15,18). The quantitative estimate of drug-likeness (QED) is 0.799. The van der Waals surface area contributed by atoms with Gasteiger partial charge in [0.05, 0.1) is 18.2 Å². The summed E-state index contributed by atoms with van der Waals surface area (Å²) in [5.41, 5.74) is 0.862. The zero-order valence-corrected chi connectivity index (χ0v) is 12.3. The Morgan fingerprint density at radius 3 is 2.75 bits per heavy atom. The van der Waals surface area contributed by atoms with E-state index in [4.69, 9.17) is 4.74 Å². The first-order valence-electron chi connectivity index (χ1n) is 6.47. The zero-order valence-electron chi connectivity index (χ0n) is 11.5. The highest BCUT2D eigenvalue weighted by molar-refractivity contribution is 7.16. The van der Waals surface area contributed by atoms with Crippen LogP contribution in [-0.2, 0) is 4.74 Å². The largest absolute Gasteiger partial charge is 0.478 e. The summed E-state index contributed by atoms with van der Waals surface area (Å²) >= 11 is 1.28. The van der Waals surface area contributed by atoms with Crippen LogP contribution >= 0.6 is 11.3 Å². The van der Waals surface area contributed by atoms with Gasteiger partial charge in [-0.05, 0) is 32.3 Å². The van der Waals surface area contributed by atoms with Crippen molar-refractivity contribution in [2.24, 2.45) is 0 Å². The van der Waals surface area contributed by atoms with Crippen molar-refractivity contribution in [3.63, 3.8) is 0 Å². The molecule has 2 heterocycles. The molecule has 1 saturated heterocycles. The summed E-state index contributed by atoms with van der Waals surface area (Å²) in [6, 6.07) is -0.400. The number of hydrogen-bond donors (Lipinski definition) is 3. The van der Waals surface area contributed by atoms with Crippen LogP contribution in [0.25, 0.3) is 0 Å². The molecule has 2 amide bonds. The third-order valence-electron chi connectivity index (χ3n) is 3.32. The van der Waals surface area contributed by atoms with Gasteiger partial charge in [-0.3, -0.25) is 5.32 Å². The molecule has 0 bridgehead atoms. The molecule has 0 saturated carbocycles. The Hall–Kier alpha value is -1.60. The first-order valence-corrected chi connectivity index (χ1v) is 7.29. The number of carbonyl (C=O) groups is 2. The highest BCUT2D eigenvalue weighted by Crippen LogP contribution is 2.32. The van der Waals surface area contributed by atoms with Gasteiger partial charge in [0.2, 0.25) is 0 Å². The molecular weight excluding hydrogens is 280 g/mol. The Morgan fingerprint density at radius 2 is 2.15 bits per heavy atom. The van der Waals surface area contributed by atoms with E-state index in [1.807, 2.05) is 6.92 Å². The molecule has 1 aromatic heterocycles. The van der Waals surface area contributed by atoms with Crippen molar-refractivity contribution in [3.05, 3.63) is 16.0 Å². The maximum Gasteiger partial charge on any atom is 0.338 e. The number of aromatic carboxylic acids is 1. The third-order valence-corrected chi connectivity index (χ3v) is 4.44. The molecule has 1 aliphatic rings. The van der Waals surface area contributed by atoms with E-state index >= 15 is 0 Å². The molecule has 1 aliphatic heterocycles. The Morgan fingerprint density at radius 1 is 1.40 bits per heavy atom. The van der Waals surface area contributed by atoms with E-state index < -0.39 is 5.97 Å². The van der Waals surface area contributed by atoms with Gasteiger partial charge in [0, 0.05) is 11.5 Å². The SMILES string of the molecule is Cc1sc(NC(=O)NC2CCCOC2)c(C(=O)O)c1C. The summed E-state index contributed by atoms with van der Waals surface area (Å²) in [4.78, 5) is 24.0. The minimum absolute atomic E-state index is 0.0146. The molecule has 1 fully saturated rings. The molecule has 0 aromatic carbocycles. The number of carboxylic acids is 1. The molecule has 7 heteroatoms. The lowest BCUT2D eigenvalue weighted by Crippen LogP contribution is -2.42. The first-order chi connectivity index (χ1) is 9.49. The number of amides is 2. The predicted octanol–water partition coefficient (Wildman–Crippen LogP) is 2.36. The van der Waals surface area contributed by atoms with Gasteiger partial charge < -0.3 is 15.2 Å². The van der Waals surface area contributed by atoms with Crippen molar-refractivity contribution in [1.82, 2.24) is 5.32 Å². The lowest BCUT2D eigenvalue weighted by Gasteiger charge is -2.23. The highest BCUT2D eigenvalue weighted by atomic mass is 32.1. The third kappa shape index (κ3) is 3.29. The van der Waals surface area contributed by atoms with Crippen molar-refractivity contribution in [2.45, 2.75) is 32.7 Å². The molecule has 6 nitrogen and oxygen atoms in total. The Balaban J connectivity index is 2.04. The van der Waals surface area contributed by atoms with Crippen molar-refractivity contribution >= 4 is 28.3 Å². The zero-order chi connectivity index (χ0) is 14.7. The molecule has 2 rings (SSSR count). The predicted molar refractivity (Wildman–Crippen MR) is 76.7 cm³/mol. The van der Waals surface area contributed by atoms with Crippen molar-refractivity contribution < 1.29 is 19.4 Å². The van der Waals surface area contributed by atoms with Crippen LogP contribution in [0.3, 0.4) is 0 Å². The minimum Gasteiger partial charge on any atom is -0.478 e. The number of rotatable bonds is 3. The summed E-state index contributed by atoms with van der Waals surface area (Å²) in [6.07, 6.45) is 1.80. The number of thiophene rings is 1. The summed E-state index contributed by atoms with van der Waals surface area (Å²) in [5, 5.41) is 15.0. The molecule has 0 radical (unpaired) electrons. The van der Waals surface area contributed by atoms with Crippen LogP contribution in [0, 0.1) is 13.8 Å². The number of carbonyl (C=O) groups excluding carboxylic acids is 1. The second-order valence-corrected chi connectivity index (χ2v) is 6.03. The van der Waals surface area contributed by atoms with Crippen molar-refractivity contribution in [3.8, 4) is 0 Å². The molecule has 1 atom stereocenters. The van der Waals surface area contributed by atoms with Gasteiger partial charge in [-0.2, -0.15) is 0 Å². The summed E-state index contributed by atoms with van der Waals surface area (Å²) < 4.78 is 5.28. The van der Waals surface area contributed by atoms with E-state index in [-0.39, 0.29) is 17.6 Å². The first kappa shape index (κ1) is 14.8. The number of aryl methyl sites for hydroxylation is 1. The summed E-state index contributed by atoms with van der Waals surface area (Å²) in [7, 11) is 0. The second-order valence-electron chi connectivity index (χ2n) is 4.81. The average molecular weight is 298 g/mol. The number of hydrogen-bond acceptors (Lipinski definition) is 4. The van der Waals surface area contributed by atoms with Crippen LogP contribution in [0.4, 0.5) is 9.80 Å². The van der Waals surface area contributed by atoms with E-state index in [9.17, 15) is 14.7 Å². The van der Waals surface area contributed by atoms with Gasteiger partial charge in [0.15, 0.2) is 0 Å². The van der Waals surface area contributed by atoms with Gasteiger partial charge in [-0.1, -0.05) is 0 Å². The van der Waals surface area contributed by atoms with E-state index in [0.29, 0.717) is 17.2 Å². The monoisotopic (exact) mass is 298 g/mol. The maximum atomic E-state index is 11.9. The second kappa shape index (κ2) is 6.23. The molecule has 110 valence electrons. The molecule has 1 aromatic rings. The number of anilines is 1. The Bertz CT molecular complexity index is 521. The number of nitrogens with one attached hydrogen (secondary N) is 2. The van der Waals surface area contributed by atoms with Gasteiger partial charge >= 0.3 is 12.0 Å². The fourth-order valence-electron chi connectivity index (χ4n) is 2.15. The van der Waals surface area contributed by atoms with Crippen LogP contribution < -0.4 is 10.6 Å². The molecule has 3 N–H and O–H groups in total. The normalized spacial score (nSPS) is 18.6. The van der Waals surface area contributed by atoms with E-state index in [0.717, 1.165) is 24.3 Å². The summed E-state index contributed by atoms with van der Waals surface area (Å²) in [6.45, 7) is 4.81. The minimum atomic E-state index is -1.02. The van der Waals surface area contributed by atoms with Gasteiger partial charge in [-0.15, -0.1) is 11.3 Å². The molecule has 0 spiro atoms. The molecular formula is C13H18N2O4S. The van der Waals surface area contributed by atoms with Crippen molar-refractivity contribution in [2.75, 3.05) is 18.5 Å².